The van der Waals surface area contributed by atoms with E-state index in [9.17, 15) is 0 Å². The first-order chi connectivity index (χ1) is 9.31. The summed E-state index contributed by atoms with van der Waals surface area (Å²) in [5.41, 5.74) is 6.92. The molecule has 1 aliphatic heterocycles. The fourth-order valence-electron chi connectivity index (χ4n) is 2.36. The van der Waals surface area contributed by atoms with Crippen LogP contribution < -0.4 is 5.73 Å². The van der Waals surface area contributed by atoms with Crippen molar-refractivity contribution < 1.29 is 9.94 Å². The molecule has 1 heterocycles. The third-order valence-corrected chi connectivity index (χ3v) is 3.43. The minimum absolute atomic E-state index is 0.0794. The number of amidine groups is 1. The molecule has 0 amide bonds. The smallest absolute Gasteiger partial charge is 0.147 e. The van der Waals surface area contributed by atoms with Gasteiger partial charge in [0.1, 0.15) is 5.84 Å². The Morgan fingerprint density at radius 1 is 1.32 bits per heavy atom. The molecular weight excluding hydrogens is 242 g/mol. The van der Waals surface area contributed by atoms with E-state index in [0.717, 1.165) is 44.8 Å². The van der Waals surface area contributed by atoms with Crippen LogP contribution in [0.15, 0.2) is 35.5 Å². The van der Waals surface area contributed by atoms with Gasteiger partial charge >= 0.3 is 0 Å². The lowest BCUT2D eigenvalue weighted by atomic mass is 9.97. The molecule has 1 fully saturated rings. The second-order valence-corrected chi connectivity index (χ2v) is 4.75. The number of ether oxygens (including phenoxy) is 1. The summed E-state index contributed by atoms with van der Waals surface area (Å²) in [7, 11) is 0. The van der Waals surface area contributed by atoms with Gasteiger partial charge in [0.25, 0.3) is 0 Å². The van der Waals surface area contributed by atoms with Crippen molar-refractivity contribution in [2.24, 2.45) is 10.9 Å². The summed E-state index contributed by atoms with van der Waals surface area (Å²) in [5.74, 6) is 0.181. The summed E-state index contributed by atoms with van der Waals surface area (Å²) in [6, 6.07) is 9.93. The number of hydrogen-bond donors (Lipinski definition) is 2. The molecule has 104 valence electrons. The number of nitrogens with zero attached hydrogens (tertiary/aromatic N) is 2. The van der Waals surface area contributed by atoms with E-state index in [4.69, 9.17) is 15.7 Å². The van der Waals surface area contributed by atoms with Crippen LogP contribution in [0.2, 0.25) is 0 Å². The van der Waals surface area contributed by atoms with Gasteiger partial charge < -0.3 is 15.7 Å². The van der Waals surface area contributed by atoms with Crippen molar-refractivity contribution in [2.75, 3.05) is 32.8 Å². The highest BCUT2D eigenvalue weighted by atomic mass is 16.5. The molecule has 1 unspecified atom stereocenters. The average molecular weight is 263 g/mol. The van der Waals surface area contributed by atoms with Gasteiger partial charge in [0, 0.05) is 26.2 Å². The minimum atomic E-state index is -0.0794. The van der Waals surface area contributed by atoms with Gasteiger partial charge in [0.2, 0.25) is 0 Å². The van der Waals surface area contributed by atoms with Crippen LogP contribution in [0, 0.1) is 0 Å². The number of nitrogens with two attached hydrogens (primary N) is 1. The Hall–Kier alpha value is -1.59. The van der Waals surface area contributed by atoms with Crippen molar-refractivity contribution >= 4 is 5.84 Å². The Bertz CT molecular complexity index is 400. The molecule has 1 saturated heterocycles. The van der Waals surface area contributed by atoms with Crippen LogP contribution >= 0.6 is 0 Å². The van der Waals surface area contributed by atoms with Crippen LogP contribution in [0.25, 0.3) is 0 Å². The molecule has 0 aromatic heterocycles. The maximum Gasteiger partial charge on any atom is 0.147 e. The molecule has 0 saturated carbocycles. The van der Waals surface area contributed by atoms with Crippen molar-refractivity contribution in [3.63, 3.8) is 0 Å². The molecule has 0 aliphatic carbocycles. The Morgan fingerprint density at radius 2 is 2.11 bits per heavy atom. The molecule has 0 bridgehead atoms. The Labute approximate surface area is 113 Å². The van der Waals surface area contributed by atoms with Crippen molar-refractivity contribution in [1.29, 1.82) is 0 Å². The highest BCUT2D eigenvalue weighted by Crippen LogP contribution is 2.18. The normalized spacial score (nSPS) is 19.9. The van der Waals surface area contributed by atoms with E-state index >= 15 is 0 Å². The fourth-order valence-corrected chi connectivity index (χ4v) is 2.36. The molecule has 1 aliphatic rings. The SMILES string of the molecule is NC(=NO)C(CN1CCCOCC1)c1ccccc1. The summed E-state index contributed by atoms with van der Waals surface area (Å²) in [4.78, 5) is 2.31. The molecule has 5 heteroatoms. The zero-order valence-corrected chi connectivity index (χ0v) is 11.0. The maximum atomic E-state index is 8.97. The lowest BCUT2D eigenvalue weighted by Gasteiger charge is -2.25. The second kappa shape index (κ2) is 7.11. The minimum Gasteiger partial charge on any atom is -0.409 e. The molecule has 0 spiro atoms. The van der Waals surface area contributed by atoms with Gasteiger partial charge in [-0.05, 0) is 12.0 Å². The molecule has 19 heavy (non-hydrogen) atoms. The third kappa shape index (κ3) is 3.94. The van der Waals surface area contributed by atoms with E-state index in [1.54, 1.807) is 0 Å². The van der Waals surface area contributed by atoms with Crippen molar-refractivity contribution in [3.05, 3.63) is 35.9 Å². The van der Waals surface area contributed by atoms with Crippen molar-refractivity contribution in [2.45, 2.75) is 12.3 Å². The third-order valence-electron chi connectivity index (χ3n) is 3.43. The predicted molar refractivity (Wildman–Crippen MR) is 74.5 cm³/mol. The monoisotopic (exact) mass is 263 g/mol. The Balaban J connectivity index is 2.10. The first kappa shape index (κ1) is 13.8. The number of oxime groups is 1. The standard InChI is InChI=1S/C14H21N3O2/c15-14(16-18)13(12-5-2-1-3-6-12)11-17-7-4-9-19-10-8-17/h1-3,5-6,13,18H,4,7-11H2,(H2,15,16). The molecular formula is C14H21N3O2. The summed E-state index contributed by atoms with van der Waals surface area (Å²) in [5, 5.41) is 12.2. The van der Waals surface area contributed by atoms with Gasteiger partial charge in [0.15, 0.2) is 0 Å². The molecule has 2 rings (SSSR count). The van der Waals surface area contributed by atoms with Gasteiger partial charge in [-0.15, -0.1) is 0 Å². The van der Waals surface area contributed by atoms with Crippen molar-refractivity contribution in [1.82, 2.24) is 4.90 Å². The largest absolute Gasteiger partial charge is 0.409 e. The average Bonchev–Trinajstić information content (AvgIpc) is 2.73. The van der Waals surface area contributed by atoms with Crippen molar-refractivity contribution in [3.8, 4) is 0 Å². The maximum absolute atomic E-state index is 8.97. The van der Waals surface area contributed by atoms with Gasteiger partial charge in [-0.3, -0.25) is 4.90 Å². The second-order valence-electron chi connectivity index (χ2n) is 4.75. The summed E-state index contributed by atoms with van der Waals surface area (Å²) in [6.45, 7) is 4.20. The van der Waals surface area contributed by atoms with E-state index in [-0.39, 0.29) is 11.8 Å². The predicted octanol–water partition coefficient (Wildman–Crippen LogP) is 1.24. The summed E-state index contributed by atoms with van der Waals surface area (Å²) < 4.78 is 5.45. The molecule has 3 N–H and O–H groups in total. The number of hydrogen-bond acceptors (Lipinski definition) is 4. The van der Waals surface area contributed by atoms with E-state index in [2.05, 4.69) is 10.1 Å². The summed E-state index contributed by atoms with van der Waals surface area (Å²) in [6.07, 6.45) is 1.03. The summed E-state index contributed by atoms with van der Waals surface area (Å²) >= 11 is 0. The van der Waals surface area contributed by atoms with Crippen LogP contribution in [-0.4, -0.2) is 48.8 Å². The Kier molecular flexibility index (Phi) is 5.18. The zero-order chi connectivity index (χ0) is 13.5. The van der Waals surface area contributed by atoms with Gasteiger partial charge in [-0.25, -0.2) is 0 Å². The molecule has 0 radical (unpaired) electrons. The van der Waals surface area contributed by atoms with E-state index in [1.165, 1.54) is 0 Å². The van der Waals surface area contributed by atoms with E-state index < -0.39 is 0 Å². The lowest BCUT2D eigenvalue weighted by molar-refractivity contribution is 0.141. The highest BCUT2D eigenvalue weighted by Gasteiger charge is 2.21. The number of benzene rings is 1. The highest BCUT2D eigenvalue weighted by molar-refractivity contribution is 5.87. The van der Waals surface area contributed by atoms with Gasteiger partial charge in [-0.2, -0.15) is 0 Å². The van der Waals surface area contributed by atoms with Crippen LogP contribution in [0.1, 0.15) is 17.9 Å². The van der Waals surface area contributed by atoms with Gasteiger partial charge in [0.05, 0.1) is 12.5 Å². The molecule has 1 aromatic rings. The van der Waals surface area contributed by atoms with Crippen LogP contribution in [0.4, 0.5) is 0 Å². The topological polar surface area (TPSA) is 71.1 Å². The van der Waals surface area contributed by atoms with Crippen LogP contribution in [0.5, 0.6) is 0 Å². The first-order valence-corrected chi connectivity index (χ1v) is 6.63. The van der Waals surface area contributed by atoms with Gasteiger partial charge in [-0.1, -0.05) is 35.5 Å². The van der Waals surface area contributed by atoms with E-state index in [1.807, 2.05) is 30.3 Å². The fraction of sp³-hybridized carbons (Fsp3) is 0.500. The zero-order valence-electron chi connectivity index (χ0n) is 11.0. The quantitative estimate of drug-likeness (QED) is 0.371. The molecule has 1 aromatic carbocycles. The Morgan fingerprint density at radius 3 is 2.84 bits per heavy atom. The van der Waals surface area contributed by atoms with E-state index in [0.29, 0.717) is 0 Å². The first-order valence-electron chi connectivity index (χ1n) is 6.63. The number of rotatable bonds is 4. The molecule has 1 atom stereocenters. The van der Waals surface area contributed by atoms with Crippen LogP contribution in [0.3, 0.4) is 0 Å². The molecule has 5 nitrogen and oxygen atoms in total. The lowest BCUT2D eigenvalue weighted by Crippen LogP contribution is -2.36. The van der Waals surface area contributed by atoms with Crippen LogP contribution in [-0.2, 0) is 4.74 Å².